The zero-order valence-corrected chi connectivity index (χ0v) is 9.25. The molecule has 1 aromatic carbocycles. The number of hydrogen-bond donors (Lipinski definition) is 1. The van der Waals surface area contributed by atoms with Crippen molar-refractivity contribution in [3.05, 3.63) is 23.8 Å². The fourth-order valence-corrected chi connectivity index (χ4v) is 2.16. The van der Waals surface area contributed by atoms with Crippen molar-refractivity contribution in [2.45, 2.75) is 30.8 Å². The minimum atomic E-state index is -3.62. The van der Waals surface area contributed by atoms with E-state index in [-0.39, 0.29) is 4.90 Å². The highest BCUT2D eigenvalue weighted by Crippen LogP contribution is 2.28. The van der Waals surface area contributed by atoms with E-state index in [1.54, 1.807) is 19.1 Å². The first-order valence-corrected chi connectivity index (χ1v) is 6.31. The molecule has 0 aliphatic heterocycles. The van der Waals surface area contributed by atoms with Crippen molar-refractivity contribution in [2.75, 3.05) is 0 Å². The maximum atomic E-state index is 11.1. The first-order chi connectivity index (χ1) is 6.97. The minimum Gasteiger partial charge on any atom is -0.490 e. The molecule has 1 aliphatic rings. The van der Waals surface area contributed by atoms with Crippen LogP contribution in [0.25, 0.3) is 0 Å². The zero-order valence-electron chi connectivity index (χ0n) is 8.43. The average molecular weight is 227 g/mol. The molecule has 1 aliphatic carbocycles. The van der Waals surface area contributed by atoms with Crippen molar-refractivity contribution in [1.29, 1.82) is 0 Å². The quantitative estimate of drug-likeness (QED) is 0.843. The second-order valence-electron chi connectivity index (χ2n) is 3.79. The van der Waals surface area contributed by atoms with Gasteiger partial charge in [-0.2, -0.15) is 0 Å². The second-order valence-corrected chi connectivity index (χ2v) is 5.32. The Hall–Kier alpha value is -1.07. The van der Waals surface area contributed by atoms with E-state index in [2.05, 4.69) is 0 Å². The molecule has 15 heavy (non-hydrogen) atoms. The molecular formula is C10H13NO3S. The van der Waals surface area contributed by atoms with E-state index in [4.69, 9.17) is 9.88 Å². The molecule has 1 fully saturated rings. The van der Waals surface area contributed by atoms with Crippen LogP contribution in [0.3, 0.4) is 0 Å². The van der Waals surface area contributed by atoms with Gasteiger partial charge in [0.05, 0.1) is 11.0 Å². The van der Waals surface area contributed by atoms with Gasteiger partial charge < -0.3 is 4.74 Å². The van der Waals surface area contributed by atoms with Crippen molar-refractivity contribution < 1.29 is 13.2 Å². The molecule has 1 aromatic rings. The highest BCUT2D eigenvalue weighted by Gasteiger charge is 2.23. The summed E-state index contributed by atoms with van der Waals surface area (Å²) in [5.74, 6) is 0.711. The number of aryl methyl sites for hydroxylation is 1. The minimum absolute atomic E-state index is 0.158. The zero-order chi connectivity index (χ0) is 11.1. The molecule has 2 rings (SSSR count). The van der Waals surface area contributed by atoms with Gasteiger partial charge in [-0.25, -0.2) is 13.6 Å². The summed E-state index contributed by atoms with van der Waals surface area (Å²) in [6, 6.07) is 4.84. The van der Waals surface area contributed by atoms with Gasteiger partial charge in [0.15, 0.2) is 0 Å². The highest BCUT2D eigenvalue weighted by atomic mass is 32.2. The van der Waals surface area contributed by atoms with Crippen LogP contribution in [0.2, 0.25) is 0 Å². The van der Waals surface area contributed by atoms with Crippen LogP contribution in [-0.4, -0.2) is 14.5 Å². The monoisotopic (exact) mass is 227 g/mol. The van der Waals surface area contributed by atoms with Crippen LogP contribution < -0.4 is 9.88 Å². The molecule has 0 aromatic heterocycles. The van der Waals surface area contributed by atoms with Gasteiger partial charge in [0, 0.05) is 0 Å². The van der Waals surface area contributed by atoms with Gasteiger partial charge in [-0.05, 0) is 43.5 Å². The maximum absolute atomic E-state index is 11.1. The topological polar surface area (TPSA) is 69.4 Å². The van der Waals surface area contributed by atoms with Crippen molar-refractivity contribution in [3.63, 3.8) is 0 Å². The number of ether oxygens (including phenoxy) is 1. The second kappa shape index (κ2) is 3.50. The Labute approximate surface area is 89.1 Å². The number of sulfonamides is 1. The summed E-state index contributed by atoms with van der Waals surface area (Å²) in [4.78, 5) is 0.158. The van der Waals surface area contributed by atoms with Crippen molar-refractivity contribution in [3.8, 4) is 5.75 Å². The molecule has 0 bridgehead atoms. The number of benzene rings is 1. The summed E-state index contributed by atoms with van der Waals surface area (Å²) in [6.07, 6.45) is 2.47. The van der Waals surface area contributed by atoms with Crippen LogP contribution in [-0.2, 0) is 10.0 Å². The molecule has 2 N–H and O–H groups in total. The molecule has 82 valence electrons. The van der Waals surface area contributed by atoms with Crippen LogP contribution in [0.15, 0.2) is 23.1 Å². The summed E-state index contributed by atoms with van der Waals surface area (Å²) >= 11 is 0. The molecular weight excluding hydrogens is 214 g/mol. The van der Waals surface area contributed by atoms with Crippen LogP contribution >= 0.6 is 0 Å². The smallest absolute Gasteiger partial charge is 0.238 e. The predicted molar refractivity (Wildman–Crippen MR) is 56.2 cm³/mol. The standard InChI is InChI=1S/C10H13NO3S/c1-7-6-9(14-8-2-3-8)4-5-10(7)15(11,12)13/h4-6,8H,2-3H2,1H3,(H2,11,12,13). The SMILES string of the molecule is Cc1cc(OC2CC2)ccc1S(N)(=O)=O. The van der Waals surface area contributed by atoms with Crippen molar-refractivity contribution in [2.24, 2.45) is 5.14 Å². The third-order valence-electron chi connectivity index (χ3n) is 2.28. The van der Waals surface area contributed by atoms with Gasteiger partial charge in [0.1, 0.15) is 5.75 Å². The van der Waals surface area contributed by atoms with E-state index < -0.39 is 10.0 Å². The maximum Gasteiger partial charge on any atom is 0.238 e. The lowest BCUT2D eigenvalue weighted by Gasteiger charge is -2.07. The first kappa shape index (κ1) is 10.4. The van der Waals surface area contributed by atoms with Crippen LogP contribution in [0.5, 0.6) is 5.75 Å². The van der Waals surface area contributed by atoms with Gasteiger partial charge in [0.2, 0.25) is 10.0 Å². The van der Waals surface area contributed by atoms with Gasteiger partial charge in [-0.15, -0.1) is 0 Å². The normalized spacial score (nSPS) is 16.4. The predicted octanol–water partition coefficient (Wildman–Crippen LogP) is 1.18. The van der Waals surface area contributed by atoms with Gasteiger partial charge in [-0.3, -0.25) is 0 Å². The van der Waals surface area contributed by atoms with Gasteiger partial charge >= 0.3 is 0 Å². The van der Waals surface area contributed by atoms with E-state index in [1.807, 2.05) is 0 Å². The Morgan fingerprint density at radius 2 is 2.07 bits per heavy atom. The Bertz CT molecular complexity index is 477. The van der Waals surface area contributed by atoms with Gasteiger partial charge in [0.25, 0.3) is 0 Å². The molecule has 0 unspecified atom stereocenters. The summed E-state index contributed by atoms with van der Waals surface area (Å²) in [5.41, 5.74) is 0.621. The average Bonchev–Trinajstić information content (AvgIpc) is 2.85. The molecule has 0 heterocycles. The number of rotatable bonds is 3. The van der Waals surface area contributed by atoms with Crippen molar-refractivity contribution in [1.82, 2.24) is 0 Å². The Balaban J connectivity index is 2.29. The fraction of sp³-hybridized carbons (Fsp3) is 0.400. The van der Waals surface area contributed by atoms with E-state index in [0.717, 1.165) is 12.8 Å². The lowest BCUT2D eigenvalue weighted by molar-refractivity contribution is 0.303. The molecule has 0 spiro atoms. The first-order valence-electron chi connectivity index (χ1n) is 4.77. The lowest BCUT2D eigenvalue weighted by atomic mass is 10.2. The Morgan fingerprint density at radius 1 is 1.40 bits per heavy atom. The number of hydrogen-bond acceptors (Lipinski definition) is 3. The Morgan fingerprint density at radius 3 is 2.53 bits per heavy atom. The third-order valence-corrected chi connectivity index (χ3v) is 3.35. The molecule has 0 amide bonds. The van der Waals surface area contributed by atoms with Crippen LogP contribution in [0, 0.1) is 6.92 Å². The third kappa shape index (κ3) is 2.49. The van der Waals surface area contributed by atoms with Crippen molar-refractivity contribution >= 4 is 10.0 Å². The molecule has 5 heteroatoms. The summed E-state index contributed by atoms with van der Waals surface area (Å²) in [5, 5.41) is 5.05. The van der Waals surface area contributed by atoms with E-state index >= 15 is 0 Å². The molecule has 1 saturated carbocycles. The lowest BCUT2D eigenvalue weighted by Crippen LogP contribution is -2.13. The molecule has 0 radical (unpaired) electrons. The van der Waals surface area contributed by atoms with Crippen LogP contribution in [0.1, 0.15) is 18.4 Å². The largest absolute Gasteiger partial charge is 0.490 e. The van der Waals surface area contributed by atoms with E-state index in [9.17, 15) is 8.42 Å². The van der Waals surface area contributed by atoms with E-state index in [0.29, 0.717) is 17.4 Å². The summed E-state index contributed by atoms with van der Waals surface area (Å²) in [6.45, 7) is 1.71. The highest BCUT2D eigenvalue weighted by molar-refractivity contribution is 7.89. The number of nitrogens with two attached hydrogens (primary N) is 1. The molecule has 0 atom stereocenters. The summed E-state index contributed by atoms with van der Waals surface area (Å²) < 4.78 is 27.8. The molecule has 0 saturated heterocycles. The fourth-order valence-electron chi connectivity index (χ4n) is 1.39. The number of primary sulfonamides is 1. The van der Waals surface area contributed by atoms with Crippen LogP contribution in [0.4, 0.5) is 0 Å². The van der Waals surface area contributed by atoms with E-state index in [1.165, 1.54) is 6.07 Å². The summed E-state index contributed by atoms with van der Waals surface area (Å²) in [7, 11) is -3.62. The molecule has 4 nitrogen and oxygen atoms in total. The van der Waals surface area contributed by atoms with Gasteiger partial charge in [-0.1, -0.05) is 0 Å². The Kier molecular flexibility index (Phi) is 2.44.